The van der Waals surface area contributed by atoms with E-state index in [0.717, 1.165) is 57.7 Å². The Hall–Kier alpha value is -2.45. The van der Waals surface area contributed by atoms with Gasteiger partial charge in [-0.1, -0.05) is 25.1 Å². The second-order valence-corrected chi connectivity index (χ2v) is 8.66. The molecule has 2 aliphatic rings. The molecule has 30 heavy (non-hydrogen) atoms. The van der Waals surface area contributed by atoms with Gasteiger partial charge in [0.2, 0.25) is 5.91 Å². The lowest BCUT2D eigenvalue weighted by Crippen LogP contribution is -2.57. The van der Waals surface area contributed by atoms with Crippen LogP contribution in [-0.2, 0) is 4.79 Å². The summed E-state index contributed by atoms with van der Waals surface area (Å²) in [6, 6.07) is 9.41. The van der Waals surface area contributed by atoms with Crippen LogP contribution in [0.1, 0.15) is 36.7 Å². The fraction of sp³-hybridized carbons (Fsp3) is 0.500. The lowest BCUT2D eigenvalue weighted by molar-refractivity contribution is -0.139. The number of rotatable bonds is 5. The number of likely N-dealkylation sites (tertiary alicyclic amines) is 1. The monoisotopic (exact) mass is 427 g/mol. The zero-order valence-electron chi connectivity index (χ0n) is 17.4. The van der Waals surface area contributed by atoms with Gasteiger partial charge in [-0.15, -0.1) is 11.3 Å². The van der Waals surface area contributed by atoms with Crippen molar-refractivity contribution < 1.29 is 9.59 Å². The number of carbonyl (C=O) groups excluding carboxylic acids is 2. The van der Waals surface area contributed by atoms with Crippen molar-refractivity contribution in [3.63, 3.8) is 0 Å². The number of carbonyl (C=O) groups is 2. The summed E-state index contributed by atoms with van der Waals surface area (Å²) in [6.07, 6.45) is 2.64. The molecule has 8 heteroatoms. The van der Waals surface area contributed by atoms with Crippen LogP contribution >= 0.6 is 11.3 Å². The second-order valence-electron chi connectivity index (χ2n) is 7.80. The summed E-state index contributed by atoms with van der Waals surface area (Å²) in [5.41, 5.74) is 1.34. The summed E-state index contributed by atoms with van der Waals surface area (Å²) >= 11 is 1.41. The van der Waals surface area contributed by atoms with Gasteiger partial charge in [0.05, 0.1) is 0 Å². The fourth-order valence-electron chi connectivity index (χ4n) is 4.15. The number of hydrogen-bond acceptors (Lipinski definition) is 6. The van der Waals surface area contributed by atoms with Gasteiger partial charge in [0.25, 0.3) is 5.91 Å². The highest BCUT2D eigenvalue weighted by molar-refractivity contribution is 7.14. The number of piperazine rings is 1. The van der Waals surface area contributed by atoms with Crippen molar-refractivity contribution in [1.29, 1.82) is 0 Å². The molecular formula is C22H29N5O2S. The number of anilines is 2. The third-order valence-corrected chi connectivity index (χ3v) is 6.69. The number of hydrogen-bond donors (Lipinski definition) is 1. The predicted molar refractivity (Wildman–Crippen MR) is 119 cm³/mol. The van der Waals surface area contributed by atoms with Crippen molar-refractivity contribution in [2.24, 2.45) is 0 Å². The first kappa shape index (κ1) is 20.8. The fourth-order valence-corrected chi connectivity index (χ4v) is 4.85. The molecule has 0 radical (unpaired) electrons. The highest BCUT2D eigenvalue weighted by Crippen LogP contribution is 2.25. The minimum atomic E-state index is -0.369. The third kappa shape index (κ3) is 4.65. The van der Waals surface area contributed by atoms with Gasteiger partial charge < -0.3 is 20.0 Å². The van der Waals surface area contributed by atoms with E-state index in [9.17, 15) is 9.59 Å². The molecule has 1 atom stereocenters. The van der Waals surface area contributed by atoms with Gasteiger partial charge in [-0.25, -0.2) is 4.98 Å². The minimum Gasteiger partial charge on any atom is -0.338 e. The molecule has 0 spiro atoms. The molecule has 2 aromatic rings. The van der Waals surface area contributed by atoms with Crippen molar-refractivity contribution in [2.45, 2.75) is 32.2 Å². The van der Waals surface area contributed by atoms with E-state index in [1.165, 1.54) is 11.3 Å². The molecule has 0 bridgehead atoms. The summed E-state index contributed by atoms with van der Waals surface area (Å²) in [7, 11) is 0. The van der Waals surface area contributed by atoms with Gasteiger partial charge in [0.1, 0.15) is 11.7 Å². The summed E-state index contributed by atoms with van der Waals surface area (Å²) in [5, 5.41) is 5.70. The normalized spacial score (nSPS) is 20.2. The summed E-state index contributed by atoms with van der Waals surface area (Å²) in [5.74, 6) is -0.0470. The van der Waals surface area contributed by atoms with E-state index in [1.807, 2.05) is 35.2 Å². The van der Waals surface area contributed by atoms with Crippen molar-refractivity contribution in [1.82, 2.24) is 19.7 Å². The number of amides is 2. The Kier molecular flexibility index (Phi) is 6.64. The highest BCUT2D eigenvalue weighted by atomic mass is 32.1. The molecule has 4 rings (SSSR count). The zero-order valence-corrected chi connectivity index (χ0v) is 18.2. The maximum atomic E-state index is 13.2. The molecule has 1 aromatic carbocycles. The third-order valence-electron chi connectivity index (χ3n) is 5.93. The molecule has 3 heterocycles. The standard InChI is InChI=1S/C22H29N5O2S/c1-2-25-12-14-26(15-13-25)21(29)19-10-6-7-11-27(19)20(28)18-16-30-22(24-18)23-17-8-4-3-5-9-17/h3-5,8-9,16,19H,2,6-7,10-15H2,1H3,(H,23,24)/t19-/m1/s1. The Morgan fingerprint density at radius 3 is 2.60 bits per heavy atom. The van der Waals surface area contributed by atoms with E-state index < -0.39 is 0 Å². The van der Waals surface area contributed by atoms with E-state index in [2.05, 4.69) is 22.1 Å². The van der Waals surface area contributed by atoms with Crippen LogP contribution in [0.4, 0.5) is 10.8 Å². The van der Waals surface area contributed by atoms with Gasteiger partial charge in [0.15, 0.2) is 5.13 Å². The number of nitrogens with zero attached hydrogens (tertiary/aromatic N) is 4. The number of thiazole rings is 1. The van der Waals surface area contributed by atoms with Crippen molar-refractivity contribution >= 4 is 34.0 Å². The summed E-state index contributed by atoms with van der Waals surface area (Å²) in [4.78, 5) is 37.0. The predicted octanol–water partition coefficient (Wildman–Crippen LogP) is 3.05. The Morgan fingerprint density at radius 2 is 1.87 bits per heavy atom. The maximum Gasteiger partial charge on any atom is 0.274 e. The van der Waals surface area contributed by atoms with E-state index in [4.69, 9.17) is 0 Å². The maximum absolute atomic E-state index is 13.2. The van der Waals surface area contributed by atoms with Gasteiger partial charge in [0, 0.05) is 43.8 Å². The quantitative estimate of drug-likeness (QED) is 0.794. The molecule has 2 aliphatic heterocycles. The molecule has 0 unspecified atom stereocenters. The number of para-hydroxylation sites is 1. The van der Waals surface area contributed by atoms with Crippen LogP contribution in [0.3, 0.4) is 0 Å². The van der Waals surface area contributed by atoms with E-state index in [-0.39, 0.29) is 17.9 Å². The first-order valence-corrected chi connectivity index (χ1v) is 11.6. The Bertz CT molecular complexity index is 863. The van der Waals surface area contributed by atoms with Gasteiger partial charge in [-0.2, -0.15) is 0 Å². The van der Waals surface area contributed by atoms with Gasteiger partial charge in [-0.05, 0) is 37.9 Å². The van der Waals surface area contributed by atoms with Crippen LogP contribution in [0.5, 0.6) is 0 Å². The van der Waals surface area contributed by atoms with Gasteiger partial charge >= 0.3 is 0 Å². The second kappa shape index (κ2) is 9.57. The van der Waals surface area contributed by atoms with E-state index in [1.54, 1.807) is 10.3 Å². The van der Waals surface area contributed by atoms with Crippen LogP contribution in [0, 0.1) is 0 Å². The molecule has 2 amide bonds. The smallest absolute Gasteiger partial charge is 0.274 e. The molecule has 2 fully saturated rings. The number of nitrogens with one attached hydrogen (secondary N) is 1. The SMILES string of the molecule is CCN1CCN(C(=O)[C@H]2CCCCN2C(=O)c2csc(Nc3ccccc3)n2)CC1. The largest absolute Gasteiger partial charge is 0.338 e. The van der Waals surface area contributed by atoms with Crippen LogP contribution in [0.15, 0.2) is 35.7 Å². The Morgan fingerprint density at radius 1 is 1.10 bits per heavy atom. The van der Waals surface area contributed by atoms with E-state index in [0.29, 0.717) is 17.4 Å². The van der Waals surface area contributed by atoms with E-state index >= 15 is 0 Å². The molecule has 7 nitrogen and oxygen atoms in total. The first-order valence-electron chi connectivity index (χ1n) is 10.8. The number of aromatic nitrogens is 1. The highest BCUT2D eigenvalue weighted by Gasteiger charge is 2.36. The number of piperidine rings is 1. The number of likely N-dealkylation sites (N-methyl/N-ethyl adjacent to an activating group) is 1. The molecular weight excluding hydrogens is 398 g/mol. The zero-order chi connectivity index (χ0) is 20.9. The average molecular weight is 428 g/mol. The summed E-state index contributed by atoms with van der Waals surface area (Å²) in [6.45, 7) is 7.07. The molecule has 0 saturated carbocycles. The van der Waals surface area contributed by atoms with Crippen molar-refractivity contribution in [3.05, 3.63) is 41.4 Å². The van der Waals surface area contributed by atoms with Crippen LogP contribution in [0.25, 0.3) is 0 Å². The van der Waals surface area contributed by atoms with Crippen molar-refractivity contribution in [3.8, 4) is 0 Å². The first-order chi connectivity index (χ1) is 14.7. The van der Waals surface area contributed by atoms with Crippen molar-refractivity contribution in [2.75, 3.05) is 44.6 Å². The molecule has 2 saturated heterocycles. The van der Waals surface area contributed by atoms with Crippen LogP contribution in [-0.4, -0.2) is 76.8 Å². The van der Waals surface area contributed by atoms with Crippen LogP contribution in [0.2, 0.25) is 0 Å². The number of benzene rings is 1. The van der Waals surface area contributed by atoms with Crippen LogP contribution < -0.4 is 5.32 Å². The average Bonchev–Trinajstić information content (AvgIpc) is 3.27. The Balaban J connectivity index is 1.43. The lowest BCUT2D eigenvalue weighted by atomic mass is 10.00. The molecule has 1 aromatic heterocycles. The molecule has 0 aliphatic carbocycles. The molecule has 160 valence electrons. The minimum absolute atomic E-state index is 0.0941. The van der Waals surface area contributed by atoms with Gasteiger partial charge in [-0.3, -0.25) is 9.59 Å². The Labute approximate surface area is 181 Å². The lowest BCUT2D eigenvalue weighted by Gasteiger charge is -2.40. The molecule has 1 N–H and O–H groups in total. The topological polar surface area (TPSA) is 68.8 Å². The summed E-state index contributed by atoms with van der Waals surface area (Å²) < 4.78 is 0.